The predicted molar refractivity (Wildman–Crippen MR) is 107 cm³/mol. The van der Waals surface area contributed by atoms with Crippen molar-refractivity contribution in [1.82, 2.24) is 10.3 Å². The maximum atomic E-state index is 12.9. The van der Waals surface area contributed by atoms with E-state index in [0.29, 0.717) is 22.2 Å². The van der Waals surface area contributed by atoms with Crippen LogP contribution in [-0.4, -0.2) is 35.1 Å². The number of nitrogens with one attached hydrogen (secondary N) is 1. The highest BCUT2D eigenvalue weighted by atomic mass is 35.5. The third-order valence-corrected chi connectivity index (χ3v) is 4.61. The van der Waals surface area contributed by atoms with Crippen LogP contribution in [0.3, 0.4) is 0 Å². The zero-order valence-electron chi connectivity index (χ0n) is 15.3. The number of anilines is 1. The Kier molecular flexibility index (Phi) is 5.86. The zero-order valence-corrected chi connectivity index (χ0v) is 16.0. The number of halogens is 1. The Bertz CT molecular complexity index is 897. The molecule has 0 saturated carbocycles. The maximum Gasteiger partial charge on any atom is 0.240 e. The van der Waals surface area contributed by atoms with Crippen LogP contribution < -0.4 is 10.2 Å². The van der Waals surface area contributed by atoms with Crippen LogP contribution in [0.2, 0.25) is 5.02 Å². The molecule has 0 spiro atoms. The first-order chi connectivity index (χ1) is 13.0. The lowest BCUT2D eigenvalue weighted by atomic mass is 10.1. The summed E-state index contributed by atoms with van der Waals surface area (Å²) in [6, 6.07) is 10.8. The van der Waals surface area contributed by atoms with Crippen molar-refractivity contribution < 1.29 is 9.59 Å². The Hall–Kier alpha value is -2.73. The molecule has 1 atom stereocenters. The van der Waals surface area contributed by atoms with Crippen molar-refractivity contribution >= 4 is 40.6 Å². The fourth-order valence-electron chi connectivity index (χ4n) is 2.79. The topological polar surface area (TPSA) is 74.7 Å². The van der Waals surface area contributed by atoms with Gasteiger partial charge in [0.15, 0.2) is 5.82 Å². The molecule has 0 aliphatic carbocycles. The van der Waals surface area contributed by atoms with Gasteiger partial charge in [0, 0.05) is 17.3 Å². The minimum Gasteiger partial charge on any atom is -0.352 e. The number of hydrogen-bond donors (Lipinski definition) is 1. The Morgan fingerprint density at radius 2 is 2.15 bits per heavy atom. The largest absolute Gasteiger partial charge is 0.352 e. The minimum absolute atomic E-state index is 0.0426. The van der Waals surface area contributed by atoms with Crippen molar-refractivity contribution in [3.05, 3.63) is 53.2 Å². The van der Waals surface area contributed by atoms with Gasteiger partial charge in [0.25, 0.3) is 0 Å². The van der Waals surface area contributed by atoms with Crippen molar-refractivity contribution in [2.24, 2.45) is 4.99 Å². The van der Waals surface area contributed by atoms with E-state index in [1.54, 1.807) is 30.5 Å². The van der Waals surface area contributed by atoms with Crippen LogP contribution in [0.1, 0.15) is 32.3 Å². The fourth-order valence-corrected chi connectivity index (χ4v) is 2.98. The predicted octanol–water partition coefficient (Wildman–Crippen LogP) is 3.51. The minimum atomic E-state index is -0.231. The summed E-state index contributed by atoms with van der Waals surface area (Å²) in [6.45, 7) is 3.82. The Morgan fingerprint density at radius 1 is 1.33 bits per heavy atom. The molecule has 6 nitrogen and oxygen atoms in total. The Morgan fingerprint density at radius 3 is 2.89 bits per heavy atom. The molecule has 2 amide bonds. The third-order valence-electron chi connectivity index (χ3n) is 4.38. The second-order valence-corrected chi connectivity index (χ2v) is 6.88. The molecule has 1 aliphatic rings. The number of fused-ring (bicyclic) bond motifs is 1. The first-order valence-corrected chi connectivity index (χ1v) is 9.24. The molecule has 1 unspecified atom stereocenters. The van der Waals surface area contributed by atoms with Gasteiger partial charge in [-0.05, 0) is 43.2 Å². The zero-order chi connectivity index (χ0) is 19.4. The monoisotopic (exact) mass is 384 g/mol. The molecule has 1 aromatic carbocycles. The molecule has 1 aromatic heterocycles. The molecule has 0 radical (unpaired) electrons. The van der Waals surface area contributed by atoms with Gasteiger partial charge in [0.05, 0.1) is 12.1 Å². The normalized spacial score (nSPS) is 14.9. The van der Waals surface area contributed by atoms with E-state index in [9.17, 15) is 9.59 Å². The summed E-state index contributed by atoms with van der Waals surface area (Å²) < 4.78 is 0. The van der Waals surface area contributed by atoms with Crippen LogP contribution in [-0.2, 0) is 9.59 Å². The Balaban J connectivity index is 1.93. The number of rotatable bonds is 5. The second kappa shape index (κ2) is 8.31. The lowest BCUT2D eigenvalue weighted by Gasteiger charge is -2.21. The number of benzene rings is 1. The van der Waals surface area contributed by atoms with E-state index in [0.717, 1.165) is 12.0 Å². The van der Waals surface area contributed by atoms with Gasteiger partial charge in [-0.2, -0.15) is 0 Å². The van der Waals surface area contributed by atoms with Crippen molar-refractivity contribution in [2.75, 3.05) is 11.4 Å². The van der Waals surface area contributed by atoms with Crippen LogP contribution in [0.5, 0.6) is 0 Å². The van der Waals surface area contributed by atoms with Crippen molar-refractivity contribution in [3.8, 4) is 0 Å². The summed E-state index contributed by atoms with van der Waals surface area (Å²) in [6.07, 6.45) is 2.47. The fraction of sp³-hybridized carbons (Fsp3) is 0.300. The first kappa shape index (κ1) is 19.0. The number of hydrogen-bond acceptors (Lipinski definition) is 4. The highest BCUT2D eigenvalue weighted by Gasteiger charge is 2.28. The van der Waals surface area contributed by atoms with Crippen LogP contribution in [0.15, 0.2) is 47.6 Å². The number of aromatic nitrogens is 1. The number of nitrogens with zero attached hydrogens (tertiary/aromatic N) is 3. The second-order valence-electron chi connectivity index (χ2n) is 6.45. The van der Waals surface area contributed by atoms with Crippen molar-refractivity contribution in [1.29, 1.82) is 0 Å². The van der Waals surface area contributed by atoms with Crippen molar-refractivity contribution in [3.63, 3.8) is 0 Å². The van der Waals surface area contributed by atoms with E-state index < -0.39 is 0 Å². The molecule has 2 heterocycles. The molecule has 1 aliphatic heterocycles. The lowest BCUT2D eigenvalue weighted by Crippen LogP contribution is -2.44. The average molecular weight is 385 g/mol. The number of carbonyl (C=O) groups is 2. The molecule has 3 rings (SSSR count). The van der Waals surface area contributed by atoms with E-state index in [1.165, 1.54) is 4.90 Å². The number of carbonyl (C=O) groups excluding carboxylic acids is 2. The van der Waals surface area contributed by atoms with Gasteiger partial charge < -0.3 is 5.32 Å². The molecular weight excluding hydrogens is 364 g/mol. The van der Waals surface area contributed by atoms with Crippen LogP contribution in [0.4, 0.5) is 11.5 Å². The van der Waals surface area contributed by atoms with E-state index in [4.69, 9.17) is 11.6 Å². The number of pyridine rings is 1. The smallest absolute Gasteiger partial charge is 0.240 e. The summed E-state index contributed by atoms with van der Waals surface area (Å²) >= 11 is 6.09. The molecular formula is C20H21ClN4O2. The maximum absolute atomic E-state index is 12.9. The van der Waals surface area contributed by atoms with Gasteiger partial charge in [-0.3, -0.25) is 14.5 Å². The molecule has 0 saturated heterocycles. The highest BCUT2D eigenvalue weighted by molar-refractivity contribution is 6.31. The lowest BCUT2D eigenvalue weighted by molar-refractivity contribution is -0.123. The first-order valence-electron chi connectivity index (χ1n) is 8.86. The summed E-state index contributed by atoms with van der Waals surface area (Å²) in [5.41, 5.74) is 1.92. The summed E-state index contributed by atoms with van der Waals surface area (Å²) in [4.78, 5) is 35.6. The van der Waals surface area contributed by atoms with Crippen LogP contribution >= 0.6 is 11.6 Å². The standard InChI is InChI=1S/C20H21ClN4O2/c1-3-13(2)23-18(26)12-25-19(27)11-17(14-6-4-7-15(21)10-14)24-16-8-5-9-22-20(16)25/h4-10,13H,3,11-12H2,1-2H3,(H,23,26). The van der Waals surface area contributed by atoms with Gasteiger partial charge >= 0.3 is 0 Å². The number of amides is 2. The van der Waals surface area contributed by atoms with Gasteiger partial charge in [-0.15, -0.1) is 0 Å². The molecule has 140 valence electrons. The molecule has 27 heavy (non-hydrogen) atoms. The van der Waals surface area contributed by atoms with Gasteiger partial charge in [-0.1, -0.05) is 30.7 Å². The van der Waals surface area contributed by atoms with E-state index in [2.05, 4.69) is 15.3 Å². The molecule has 1 N–H and O–H groups in total. The van der Waals surface area contributed by atoms with Crippen LogP contribution in [0, 0.1) is 0 Å². The van der Waals surface area contributed by atoms with Gasteiger partial charge in [0.1, 0.15) is 12.2 Å². The summed E-state index contributed by atoms with van der Waals surface area (Å²) in [7, 11) is 0. The summed E-state index contributed by atoms with van der Waals surface area (Å²) in [5, 5.41) is 3.46. The van der Waals surface area contributed by atoms with E-state index >= 15 is 0 Å². The van der Waals surface area contributed by atoms with E-state index in [1.807, 2.05) is 26.0 Å². The highest BCUT2D eigenvalue weighted by Crippen LogP contribution is 2.31. The molecule has 7 heteroatoms. The third kappa shape index (κ3) is 4.52. The molecule has 0 bridgehead atoms. The Labute approximate surface area is 163 Å². The average Bonchev–Trinajstić information content (AvgIpc) is 2.79. The van der Waals surface area contributed by atoms with E-state index in [-0.39, 0.29) is 30.8 Å². The van der Waals surface area contributed by atoms with Crippen LogP contribution in [0.25, 0.3) is 0 Å². The molecule has 2 aromatic rings. The quantitative estimate of drug-likeness (QED) is 0.857. The van der Waals surface area contributed by atoms with Gasteiger partial charge in [-0.25, -0.2) is 9.98 Å². The molecule has 0 fully saturated rings. The SMILES string of the molecule is CCC(C)NC(=O)CN1C(=O)CC(c2cccc(Cl)c2)=Nc2cccnc21. The number of aliphatic imine (C=N–C) groups is 1. The summed E-state index contributed by atoms with van der Waals surface area (Å²) in [5.74, 6) is -0.0650. The van der Waals surface area contributed by atoms with Gasteiger partial charge in [0.2, 0.25) is 11.8 Å². The van der Waals surface area contributed by atoms with Crippen molar-refractivity contribution in [2.45, 2.75) is 32.7 Å².